The Bertz CT molecular complexity index is 1380. The van der Waals surface area contributed by atoms with Gasteiger partial charge in [0.15, 0.2) is 9.84 Å². The summed E-state index contributed by atoms with van der Waals surface area (Å²) in [5.74, 6) is 0.612. The highest BCUT2D eigenvalue weighted by atomic mass is 32.2. The van der Waals surface area contributed by atoms with Crippen LogP contribution in [0.15, 0.2) is 46.1 Å². The van der Waals surface area contributed by atoms with Crippen molar-refractivity contribution >= 4 is 32.4 Å². The number of morpholine rings is 1. The number of sulfone groups is 1. The SMILES string of the molecule is Cc1cc([C@@H](C)Nc2ccccc2S(=O)(=O)C(C)C)c2nc(N3CCOCC3)n(C)c(=O)c2c1. The molecule has 1 aromatic heterocycles. The molecule has 0 amide bonds. The van der Waals surface area contributed by atoms with Crippen LogP contribution >= 0.6 is 0 Å². The predicted molar refractivity (Wildman–Crippen MR) is 136 cm³/mol. The van der Waals surface area contributed by atoms with Gasteiger partial charge in [0.1, 0.15) is 0 Å². The molecule has 0 spiro atoms. The maximum atomic E-state index is 13.3. The van der Waals surface area contributed by atoms with Gasteiger partial charge in [-0.1, -0.05) is 18.2 Å². The Kier molecular flexibility index (Phi) is 6.69. The highest BCUT2D eigenvalue weighted by molar-refractivity contribution is 7.92. The van der Waals surface area contributed by atoms with Crippen LogP contribution in [0.5, 0.6) is 0 Å². The molecule has 1 fully saturated rings. The highest BCUT2D eigenvalue weighted by Crippen LogP contribution is 2.31. The van der Waals surface area contributed by atoms with Crippen LogP contribution < -0.4 is 15.8 Å². The van der Waals surface area contributed by atoms with E-state index in [0.717, 1.165) is 11.1 Å². The van der Waals surface area contributed by atoms with Gasteiger partial charge in [0.05, 0.1) is 46.0 Å². The molecule has 182 valence electrons. The molecule has 1 aliphatic rings. The Morgan fingerprint density at radius 2 is 1.76 bits per heavy atom. The second-order valence-electron chi connectivity index (χ2n) is 9.08. The molecule has 34 heavy (non-hydrogen) atoms. The topological polar surface area (TPSA) is 93.5 Å². The maximum Gasteiger partial charge on any atom is 0.262 e. The number of hydrogen-bond donors (Lipinski definition) is 1. The lowest BCUT2D eigenvalue weighted by Crippen LogP contribution is -2.40. The van der Waals surface area contributed by atoms with Crippen molar-refractivity contribution in [2.45, 2.75) is 43.9 Å². The summed E-state index contributed by atoms with van der Waals surface area (Å²) in [6, 6.07) is 10.5. The van der Waals surface area contributed by atoms with Crippen LogP contribution in [0.3, 0.4) is 0 Å². The number of ether oxygens (including phenoxy) is 1. The third kappa shape index (κ3) is 4.42. The lowest BCUT2D eigenvalue weighted by molar-refractivity contribution is 0.121. The summed E-state index contributed by atoms with van der Waals surface area (Å²) < 4.78 is 32.9. The summed E-state index contributed by atoms with van der Waals surface area (Å²) in [5, 5.41) is 3.39. The Morgan fingerprint density at radius 3 is 2.44 bits per heavy atom. The molecule has 1 N–H and O–H groups in total. The van der Waals surface area contributed by atoms with Crippen molar-refractivity contribution in [1.29, 1.82) is 0 Å². The maximum absolute atomic E-state index is 13.3. The van der Waals surface area contributed by atoms with Gasteiger partial charge in [-0.05, 0) is 51.5 Å². The van der Waals surface area contributed by atoms with Crippen molar-refractivity contribution in [2.75, 3.05) is 36.5 Å². The van der Waals surface area contributed by atoms with Gasteiger partial charge in [0, 0.05) is 25.7 Å². The van der Waals surface area contributed by atoms with E-state index in [9.17, 15) is 13.2 Å². The van der Waals surface area contributed by atoms with Crippen LogP contribution in [-0.4, -0.2) is 49.5 Å². The van der Waals surface area contributed by atoms with Crippen LogP contribution in [0.4, 0.5) is 11.6 Å². The fourth-order valence-electron chi connectivity index (χ4n) is 4.32. The van der Waals surface area contributed by atoms with Crippen molar-refractivity contribution in [3.05, 3.63) is 57.9 Å². The summed E-state index contributed by atoms with van der Waals surface area (Å²) in [5.41, 5.74) is 2.85. The van der Waals surface area contributed by atoms with E-state index in [-0.39, 0.29) is 16.5 Å². The zero-order valence-corrected chi connectivity index (χ0v) is 21.1. The van der Waals surface area contributed by atoms with Crippen molar-refractivity contribution < 1.29 is 13.2 Å². The van der Waals surface area contributed by atoms with Gasteiger partial charge in [-0.2, -0.15) is 0 Å². The number of rotatable bonds is 6. The summed E-state index contributed by atoms with van der Waals surface area (Å²) in [6.45, 7) is 9.78. The summed E-state index contributed by atoms with van der Waals surface area (Å²) >= 11 is 0. The predicted octanol–water partition coefficient (Wildman–Crippen LogP) is 3.43. The van der Waals surface area contributed by atoms with E-state index >= 15 is 0 Å². The minimum atomic E-state index is -3.47. The fourth-order valence-corrected chi connectivity index (χ4v) is 5.53. The molecule has 8 nitrogen and oxygen atoms in total. The number of aromatic nitrogens is 2. The minimum Gasteiger partial charge on any atom is -0.378 e. The zero-order valence-electron chi connectivity index (χ0n) is 20.3. The normalized spacial score (nSPS) is 15.6. The van der Waals surface area contributed by atoms with Crippen molar-refractivity contribution in [3.8, 4) is 0 Å². The monoisotopic (exact) mass is 484 g/mol. The summed E-state index contributed by atoms with van der Waals surface area (Å²) in [4.78, 5) is 20.6. The number of anilines is 2. The Morgan fingerprint density at radius 1 is 1.09 bits per heavy atom. The molecule has 1 saturated heterocycles. The van der Waals surface area contributed by atoms with E-state index in [1.807, 2.05) is 32.0 Å². The van der Waals surface area contributed by atoms with Crippen LogP contribution in [0.1, 0.15) is 37.9 Å². The summed E-state index contributed by atoms with van der Waals surface area (Å²) in [7, 11) is -1.72. The molecule has 0 unspecified atom stereocenters. The first-order chi connectivity index (χ1) is 16.1. The molecule has 9 heteroatoms. The zero-order chi connectivity index (χ0) is 24.6. The highest BCUT2D eigenvalue weighted by Gasteiger charge is 2.25. The molecule has 0 radical (unpaired) electrons. The molecular formula is C25H32N4O4S. The van der Waals surface area contributed by atoms with Gasteiger partial charge >= 0.3 is 0 Å². The number of hydrogen-bond acceptors (Lipinski definition) is 7. The van der Waals surface area contributed by atoms with Crippen molar-refractivity contribution in [1.82, 2.24) is 9.55 Å². The molecule has 4 rings (SSSR count). The van der Waals surface area contributed by atoms with Crippen molar-refractivity contribution in [3.63, 3.8) is 0 Å². The van der Waals surface area contributed by atoms with Crippen LogP contribution in [0.25, 0.3) is 10.9 Å². The van der Waals surface area contributed by atoms with Crippen LogP contribution in [-0.2, 0) is 21.6 Å². The second-order valence-corrected chi connectivity index (χ2v) is 11.6. The third-order valence-electron chi connectivity index (χ3n) is 6.28. The number of nitrogens with one attached hydrogen (secondary N) is 1. The molecule has 2 aromatic carbocycles. The fraction of sp³-hybridized carbons (Fsp3) is 0.440. The molecule has 1 atom stereocenters. The lowest BCUT2D eigenvalue weighted by Gasteiger charge is -2.29. The van der Waals surface area contributed by atoms with Gasteiger partial charge in [-0.15, -0.1) is 0 Å². The Labute approximate surface area is 200 Å². The van der Waals surface area contributed by atoms with Crippen LogP contribution in [0, 0.1) is 6.92 Å². The average molecular weight is 485 g/mol. The van der Waals surface area contributed by atoms with Crippen LogP contribution in [0.2, 0.25) is 0 Å². The smallest absolute Gasteiger partial charge is 0.262 e. The average Bonchev–Trinajstić information content (AvgIpc) is 2.82. The molecule has 0 bridgehead atoms. The minimum absolute atomic E-state index is 0.105. The number of nitrogens with zero attached hydrogens (tertiary/aromatic N) is 3. The molecule has 2 heterocycles. The molecule has 0 aliphatic carbocycles. The lowest BCUT2D eigenvalue weighted by atomic mass is 10.0. The summed E-state index contributed by atoms with van der Waals surface area (Å²) in [6.07, 6.45) is 0. The van der Waals surface area contributed by atoms with E-state index in [0.29, 0.717) is 48.8 Å². The standard InChI is InChI=1S/C25H32N4O4S/c1-16(2)34(31,32)22-9-7-6-8-21(22)26-18(4)19-14-17(3)15-20-23(19)27-25(28(5)24(20)30)29-10-12-33-13-11-29/h6-9,14-16,18,26H,10-13H2,1-5H3/t18-/m1/s1. The molecule has 0 saturated carbocycles. The first kappa shape index (κ1) is 24.2. The quantitative estimate of drug-likeness (QED) is 0.573. The van der Waals surface area contributed by atoms with Gasteiger partial charge in [-0.3, -0.25) is 9.36 Å². The van der Waals surface area contributed by atoms with E-state index in [2.05, 4.69) is 10.2 Å². The van der Waals surface area contributed by atoms with Gasteiger partial charge in [0.25, 0.3) is 5.56 Å². The first-order valence-electron chi connectivity index (χ1n) is 11.5. The Hall–Kier alpha value is -2.91. The number of aryl methyl sites for hydroxylation is 1. The van der Waals surface area contributed by atoms with Crippen molar-refractivity contribution in [2.24, 2.45) is 7.05 Å². The number of benzene rings is 2. The molecule has 1 aliphatic heterocycles. The number of para-hydroxylation sites is 1. The second kappa shape index (κ2) is 9.38. The Balaban J connectivity index is 1.82. The largest absolute Gasteiger partial charge is 0.378 e. The van der Waals surface area contributed by atoms with E-state index in [1.165, 1.54) is 0 Å². The van der Waals surface area contributed by atoms with E-state index in [1.54, 1.807) is 43.7 Å². The molecular weight excluding hydrogens is 452 g/mol. The van der Waals surface area contributed by atoms with E-state index in [4.69, 9.17) is 9.72 Å². The number of fused-ring (bicyclic) bond motifs is 1. The van der Waals surface area contributed by atoms with E-state index < -0.39 is 15.1 Å². The van der Waals surface area contributed by atoms with Gasteiger partial charge < -0.3 is 15.0 Å². The van der Waals surface area contributed by atoms with Gasteiger partial charge in [-0.25, -0.2) is 13.4 Å². The third-order valence-corrected chi connectivity index (χ3v) is 8.49. The molecule has 3 aromatic rings. The first-order valence-corrected chi connectivity index (χ1v) is 13.1. The van der Waals surface area contributed by atoms with Gasteiger partial charge in [0.2, 0.25) is 5.95 Å².